The molecule has 0 saturated carbocycles. The summed E-state index contributed by atoms with van der Waals surface area (Å²) in [6, 6.07) is 3.12. The average molecular weight is 365 g/mol. The molecule has 1 amide bonds. The Morgan fingerprint density at radius 1 is 1.27 bits per heavy atom. The molecule has 0 saturated heterocycles. The number of hydrogen-bond acceptors (Lipinski definition) is 2. The van der Waals surface area contributed by atoms with Gasteiger partial charge in [-0.3, -0.25) is 4.79 Å². The van der Waals surface area contributed by atoms with Crippen molar-refractivity contribution in [3.8, 4) is 0 Å². The van der Waals surface area contributed by atoms with Crippen LogP contribution in [0.15, 0.2) is 41.4 Å². The number of likely N-dealkylation sites (N-methyl/N-ethyl adjacent to an activating group) is 1. The van der Waals surface area contributed by atoms with Gasteiger partial charge in [-0.25, -0.2) is 13.8 Å². The normalized spacial score (nSPS) is 11.4. The van der Waals surface area contributed by atoms with E-state index in [0.29, 0.717) is 5.84 Å². The van der Waals surface area contributed by atoms with E-state index in [9.17, 15) is 13.6 Å². The number of amides is 1. The van der Waals surface area contributed by atoms with Crippen molar-refractivity contribution in [2.45, 2.75) is 34.6 Å². The van der Waals surface area contributed by atoms with Gasteiger partial charge in [0.25, 0.3) is 0 Å². The summed E-state index contributed by atoms with van der Waals surface area (Å²) >= 11 is 0. The molecule has 0 aliphatic carbocycles. The van der Waals surface area contributed by atoms with Gasteiger partial charge >= 0.3 is 0 Å². The Morgan fingerprint density at radius 2 is 1.85 bits per heavy atom. The van der Waals surface area contributed by atoms with Gasteiger partial charge in [0.05, 0.1) is 5.70 Å². The average Bonchev–Trinajstić information content (AvgIpc) is 2.65. The molecular formula is C20H29F2N3O. The van der Waals surface area contributed by atoms with Crippen molar-refractivity contribution in [3.63, 3.8) is 0 Å². The zero-order valence-electron chi connectivity index (χ0n) is 16.5. The van der Waals surface area contributed by atoms with Crippen molar-refractivity contribution in [1.29, 1.82) is 0 Å². The minimum Gasteiger partial charge on any atom is -0.361 e. The molecule has 0 radical (unpaired) electrons. The zero-order chi connectivity index (χ0) is 20.3. The predicted octanol–water partition coefficient (Wildman–Crippen LogP) is 4.39. The largest absolute Gasteiger partial charge is 0.361 e. The van der Waals surface area contributed by atoms with E-state index in [4.69, 9.17) is 0 Å². The molecule has 0 unspecified atom stereocenters. The topological polar surface area (TPSA) is 44.7 Å². The van der Waals surface area contributed by atoms with Gasteiger partial charge < -0.3 is 10.2 Å². The summed E-state index contributed by atoms with van der Waals surface area (Å²) < 4.78 is 27.7. The van der Waals surface area contributed by atoms with Crippen LogP contribution in [0, 0.1) is 11.6 Å². The smallest absolute Gasteiger partial charge is 0.250 e. The van der Waals surface area contributed by atoms with Gasteiger partial charge in [0, 0.05) is 31.3 Å². The highest BCUT2D eigenvalue weighted by Gasteiger charge is 2.13. The molecule has 0 fully saturated rings. The van der Waals surface area contributed by atoms with E-state index < -0.39 is 17.5 Å². The second kappa shape index (κ2) is 12.0. The molecule has 26 heavy (non-hydrogen) atoms. The zero-order valence-corrected chi connectivity index (χ0v) is 16.5. The van der Waals surface area contributed by atoms with Crippen LogP contribution in [0.5, 0.6) is 0 Å². The maximum absolute atomic E-state index is 14.1. The number of carbonyl (C=O) groups is 1. The summed E-state index contributed by atoms with van der Waals surface area (Å²) in [7, 11) is 1.47. The molecule has 0 atom stereocenters. The molecule has 6 heteroatoms. The first kappa shape index (κ1) is 23.5. The lowest BCUT2D eigenvalue weighted by atomic mass is 10.1. The first-order valence-corrected chi connectivity index (χ1v) is 8.72. The highest BCUT2D eigenvalue weighted by Crippen LogP contribution is 2.23. The second-order valence-corrected chi connectivity index (χ2v) is 5.09. The minimum atomic E-state index is -0.622. The van der Waals surface area contributed by atoms with Crippen molar-refractivity contribution in [2.75, 3.05) is 20.1 Å². The molecule has 1 rings (SSSR count). The van der Waals surface area contributed by atoms with Crippen molar-refractivity contribution in [1.82, 2.24) is 10.2 Å². The van der Waals surface area contributed by atoms with E-state index in [1.54, 1.807) is 6.92 Å². The third kappa shape index (κ3) is 6.78. The van der Waals surface area contributed by atoms with Crippen LogP contribution in [-0.4, -0.2) is 36.8 Å². The van der Waals surface area contributed by atoms with Crippen LogP contribution in [-0.2, 0) is 4.79 Å². The number of carbonyl (C=O) groups excluding carboxylic acids is 1. The van der Waals surface area contributed by atoms with Crippen LogP contribution >= 0.6 is 0 Å². The number of nitrogens with zero attached hydrogens (tertiary/aromatic N) is 2. The molecular weight excluding hydrogens is 336 g/mol. The van der Waals surface area contributed by atoms with Gasteiger partial charge in [-0.1, -0.05) is 20.4 Å². The van der Waals surface area contributed by atoms with Crippen molar-refractivity contribution in [2.24, 2.45) is 4.99 Å². The highest BCUT2D eigenvalue weighted by atomic mass is 19.1. The third-order valence-electron chi connectivity index (χ3n) is 3.54. The summed E-state index contributed by atoms with van der Waals surface area (Å²) in [4.78, 5) is 18.1. The van der Waals surface area contributed by atoms with E-state index in [2.05, 4.69) is 16.9 Å². The maximum atomic E-state index is 14.1. The number of benzene rings is 1. The first-order chi connectivity index (χ1) is 12.3. The highest BCUT2D eigenvalue weighted by molar-refractivity contribution is 5.98. The van der Waals surface area contributed by atoms with Crippen LogP contribution in [0.25, 0.3) is 5.70 Å². The Hall–Kier alpha value is -2.50. The molecule has 1 N–H and O–H groups in total. The Labute approximate surface area is 155 Å². The number of halogens is 2. The van der Waals surface area contributed by atoms with E-state index in [1.165, 1.54) is 13.1 Å². The van der Waals surface area contributed by atoms with E-state index in [0.717, 1.165) is 31.3 Å². The van der Waals surface area contributed by atoms with Gasteiger partial charge in [0.2, 0.25) is 5.91 Å². The quantitative estimate of drug-likeness (QED) is 0.352. The molecule has 0 bridgehead atoms. The Morgan fingerprint density at radius 3 is 2.35 bits per heavy atom. The van der Waals surface area contributed by atoms with Crippen LogP contribution in [0.3, 0.4) is 0 Å². The standard InChI is InChI=1S/C18H23F2N3O.C2H6/c1-6-23(7-2)13(4)22-17(10-12(3)18(24)21-5)15-11-14(19)8-9-16(15)20;1-2/h8-11H,3,6-7H2,1-2,4-5H3,(H,21,24);1-2H3/b17-10-,22-13?;. The Bertz CT molecular complexity index is 678. The number of hydrogen-bond donors (Lipinski definition) is 1. The lowest BCUT2D eigenvalue weighted by molar-refractivity contribution is -0.116. The van der Waals surface area contributed by atoms with Crippen molar-refractivity contribution in [3.05, 3.63) is 53.6 Å². The summed E-state index contributed by atoms with van der Waals surface area (Å²) in [5.41, 5.74) is 0.226. The lowest BCUT2D eigenvalue weighted by Crippen LogP contribution is -2.28. The summed E-state index contributed by atoms with van der Waals surface area (Å²) in [6.45, 7) is 14.8. The maximum Gasteiger partial charge on any atom is 0.250 e. The summed E-state index contributed by atoms with van der Waals surface area (Å²) in [6.07, 6.45) is 1.35. The van der Waals surface area contributed by atoms with Crippen LogP contribution in [0.2, 0.25) is 0 Å². The number of nitrogens with one attached hydrogen (secondary N) is 1. The molecule has 4 nitrogen and oxygen atoms in total. The van der Waals surface area contributed by atoms with Crippen LogP contribution < -0.4 is 5.32 Å². The van der Waals surface area contributed by atoms with Gasteiger partial charge in [0.15, 0.2) is 0 Å². The van der Waals surface area contributed by atoms with Crippen LogP contribution in [0.4, 0.5) is 8.78 Å². The lowest BCUT2D eigenvalue weighted by Gasteiger charge is -2.20. The summed E-state index contributed by atoms with van der Waals surface area (Å²) in [5.74, 6) is -0.985. The monoisotopic (exact) mass is 365 g/mol. The van der Waals surface area contributed by atoms with Gasteiger partial charge in [-0.15, -0.1) is 0 Å². The molecule has 144 valence electrons. The Kier molecular flexibility index (Phi) is 10.8. The van der Waals surface area contributed by atoms with Gasteiger partial charge in [-0.2, -0.15) is 0 Å². The summed E-state index contributed by atoms with van der Waals surface area (Å²) in [5, 5.41) is 2.44. The molecule has 0 aromatic heterocycles. The Balaban J connectivity index is 0.00000301. The van der Waals surface area contributed by atoms with Crippen molar-refractivity contribution < 1.29 is 13.6 Å². The van der Waals surface area contributed by atoms with Gasteiger partial charge in [0.1, 0.15) is 17.5 Å². The molecule has 0 heterocycles. The SMILES string of the molecule is C=C(/C=C(\N=C(C)N(CC)CC)c1cc(F)ccc1F)C(=O)NC.CC. The fourth-order valence-electron chi connectivity index (χ4n) is 2.18. The molecule has 0 spiro atoms. The molecule has 0 aliphatic heterocycles. The van der Waals surface area contributed by atoms with E-state index >= 15 is 0 Å². The molecule has 0 aliphatic rings. The van der Waals surface area contributed by atoms with Crippen LogP contribution in [0.1, 0.15) is 40.2 Å². The fourth-order valence-corrected chi connectivity index (χ4v) is 2.18. The van der Waals surface area contributed by atoms with Gasteiger partial charge in [-0.05, 0) is 45.0 Å². The first-order valence-electron chi connectivity index (χ1n) is 8.72. The number of rotatable bonds is 6. The fraction of sp³-hybridized carbons (Fsp3) is 0.400. The van der Waals surface area contributed by atoms with E-state index in [1.807, 2.05) is 32.6 Å². The molecule has 1 aromatic rings. The van der Waals surface area contributed by atoms with E-state index in [-0.39, 0.29) is 16.8 Å². The number of amidine groups is 1. The predicted molar refractivity (Wildman–Crippen MR) is 105 cm³/mol. The third-order valence-corrected chi connectivity index (χ3v) is 3.54. The second-order valence-electron chi connectivity index (χ2n) is 5.09. The minimum absolute atomic E-state index is 0.0217. The molecule has 1 aromatic carbocycles. The number of aliphatic imine (C=N–C) groups is 1. The van der Waals surface area contributed by atoms with Crippen molar-refractivity contribution >= 4 is 17.4 Å².